The van der Waals surface area contributed by atoms with Crippen LogP contribution >= 0.6 is 8.25 Å². The molecule has 1 atom stereocenters. The van der Waals surface area contributed by atoms with E-state index >= 15 is 0 Å². The molecule has 5 nitrogen and oxygen atoms in total. The molecule has 0 aliphatic carbocycles. The third-order valence-corrected chi connectivity index (χ3v) is 3.82. The van der Waals surface area contributed by atoms with Crippen LogP contribution in [0.25, 0.3) is 0 Å². The van der Waals surface area contributed by atoms with E-state index in [9.17, 15) is 4.57 Å². The fourth-order valence-corrected chi connectivity index (χ4v) is 2.72. The average Bonchev–Trinajstić information content (AvgIpc) is 2.55. The Bertz CT molecular complexity index is 596. The summed E-state index contributed by atoms with van der Waals surface area (Å²) in [5.74, 6) is 1.12. The van der Waals surface area contributed by atoms with Crippen molar-refractivity contribution in [2.75, 3.05) is 20.8 Å². The van der Waals surface area contributed by atoms with Crippen LogP contribution in [0.5, 0.6) is 11.5 Å². The van der Waals surface area contributed by atoms with E-state index in [1.54, 1.807) is 14.2 Å². The second-order valence-electron chi connectivity index (χ2n) is 4.61. The third-order valence-electron chi connectivity index (χ3n) is 3.40. The summed E-state index contributed by atoms with van der Waals surface area (Å²) in [7, 11) is 0.168. The van der Waals surface area contributed by atoms with Gasteiger partial charge in [0.15, 0.2) is 0 Å². The van der Waals surface area contributed by atoms with Crippen LogP contribution in [0, 0.1) is 0 Å². The van der Waals surface area contributed by atoms with Crippen LogP contribution in [-0.4, -0.2) is 25.7 Å². The fourth-order valence-electron chi connectivity index (χ4n) is 2.41. The monoisotopic (exact) mass is 322 g/mol. The molecule has 0 amide bonds. The Labute approximate surface area is 130 Å². The average molecular weight is 322 g/mol. The third kappa shape index (κ3) is 3.89. The van der Waals surface area contributed by atoms with Gasteiger partial charge in [0, 0.05) is 17.0 Å². The number of hydrogen-bond donors (Lipinski definition) is 1. The Morgan fingerprint density at radius 3 is 1.82 bits per heavy atom. The number of ether oxygens (including phenoxy) is 2. The largest absolute Gasteiger partial charge is 0.496 e. The fraction of sp³-hybridized carbons (Fsp3) is 0.250. The second-order valence-corrected chi connectivity index (χ2v) is 5.43. The molecule has 0 aromatic heterocycles. The highest BCUT2D eigenvalue weighted by Crippen LogP contribution is 2.37. The number of rotatable bonds is 7. The maximum atomic E-state index is 11.0. The van der Waals surface area contributed by atoms with Crippen LogP contribution < -0.4 is 9.47 Å². The lowest BCUT2D eigenvalue weighted by atomic mass is 9.90. The molecule has 0 radical (unpaired) electrons. The van der Waals surface area contributed by atoms with Crippen molar-refractivity contribution in [3.63, 3.8) is 0 Å². The molecule has 2 aromatic carbocycles. The van der Waals surface area contributed by atoms with Gasteiger partial charge in [-0.1, -0.05) is 36.4 Å². The molecule has 0 aliphatic heterocycles. The summed E-state index contributed by atoms with van der Waals surface area (Å²) in [6.45, 7) is 0.0645. The number of hydrogen-bond acceptors (Lipinski definition) is 4. The van der Waals surface area contributed by atoms with Gasteiger partial charge in [-0.05, 0) is 12.1 Å². The van der Waals surface area contributed by atoms with Crippen LogP contribution in [0.2, 0.25) is 0 Å². The van der Waals surface area contributed by atoms with Crippen molar-refractivity contribution in [1.82, 2.24) is 0 Å². The molecule has 2 rings (SSSR count). The minimum absolute atomic E-state index is 0.0645. The summed E-state index contributed by atoms with van der Waals surface area (Å²) in [6.07, 6.45) is 0. The van der Waals surface area contributed by atoms with Crippen molar-refractivity contribution < 1.29 is 23.5 Å². The first-order chi connectivity index (χ1) is 10.7. The molecule has 0 heterocycles. The van der Waals surface area contributed by atoms with Gasteiger partial charge >= 0.3 is 8.25 Å². The first kappa shape index (κ1) is 16.6. The van der Waals surface area contributed by atoms with E-state index in [2.05, 4.69) is 0 Å². The van der Waals surface area contributed by atoms with Gasteiger partial charge in [-0.2, -0.15) is 0 Å². The minimum atomic E-state index is -3.01. The second kappa shape index (κ2) is 7.99. The maximum absolute atomic E-state index is 11.0. The van der Waals surface area contributed by atoms with Gasteiger partial charge in [-0.15, -0.1) is 0 Å². The molecular weight excluding hydrogens is 303 g/mol. The smallest absolute Gasteiger partial charge is 0.316 e. The van der Waals surface area contributed by atoms with Gasteiger partial charge in [0.25, 0.3) is 0 Å². The first-order valence-electron chi connectivity index (χ1n) is 6.79. The molecule has 0 spiro atoms. The highest BCUT2D eigenvalue weighted by atomic mass is 31.1. The molecule has 0 saturated carbocycles. The summed E-state index contributed by atoms with van der Waals surface area (Å²) in [4.78, 5) is 9.01. The van der Waals surface area contributed by atoms with Gasteiger partial charge in [0.1, 0.15) is 11.5 Å². The van der Waals surface area contributed by atoms with Crippen molar-refractivity contribution >= 4 is 8.25 Å². The van der Waals surface area contributed by atoms with Crippen molar-refractivity contribution in [3.05, 3.63) is 59.7 Å². The van der Waals surface area contributed by atoms with Gasteiger partial charge in [0.2, 0.25) is 0 Å². The van der Waals surface area contributed by atoms with Gasteiger partial charge in [-0.25, -0.2) is 0 Å². The first-order valence-corrected chi connectivity index (χ1v) is 8.05. The molecule has 0 fully saturated rings. The van der Waals surface area contributed by atoms with Crippen LogP contribution in [0.3, 0.4) is 0 Å². The van der Waals surface area contributed by atoms with E-state index in [0.717, 1.165) is 11.1 Å². The van der Waals surface area contributed by atoms with E-state index < -0.39 is 8.25 Å². The van der Waals surface area contributed by atoms with Gasteiger partial charge in [0.05, 0.1) is 20.8 Å². The number of methoxy groups -OCH3 is 2. The number of para-hydroxylation sites is 2. The molecule has 1 N–H and O–H groups in total. The molecular formula is C16H19O5P. The molecule has 0 aliphatic rings. The summed E-state index contributed by atoms with van der Waals surface area (Å²) >= 11 is 0. The lowest BCUT2D eigenvalue weighted by molar-refractivity contribution is 0.267. The summed E-state index contributed by atoms with van der Waals surface area (Å²) in [6, 6.07) is 15.0. The molecule has 6 heteroatoms. The van der Waals surface area contributed by atoms with Crippen LogP contribution in [0.15, 0.2) is 48.5 Å². The Hall–Kier alpha value is -1.81. The maximum Gasteiger partial charge on any atom is 0.316 e. The van der Waals surface area contributed by atoms with Crippen molar-refractivity contribution in [2.45, 2.75) is 5.92 Å². The Morgan fingerprint density at radius 2 is 1.41 bits per heavy atom. The summed E-state index contributed by atoms with van der Waals surface area (Å²) in [5.41, 5.74) is 1.75. The van der Waals surface area contributed by atoms with Crippen LogP contribution in [0.4, 0.5) is 0 Å². The topological polar surface area (TPSA) is 65.0 Å². The Morgan fingerprint density at radius 1 is 0.955 bits per heavy atom. The lowest BCUT2D eigenvalue weighted by Crippen LogP contribution is -2.10. The molecule has 118 valence electrons. The van der Waals surface area contributed by atoms with Crippen molar-refractivity contribution in [2.24, 2.45) is 0 Å². The molecule has 0 saturated heterocycles. The van der Waals surface area contributed by atoms with E-state index in [4.69, 9.17) is 18.9 Å². The number of benzene rings is 2. The molecule has 22 heavy (non-hydrogen) atoms. The Kier molecular flexibility index (Phi) is 6.01. The molecule has 1 unspecified atom stereocenters. The van der Waals surface area contributed by atoms with E-state index in [1.807, 2.05) is 48.5 Å². The summed E-state index contributed by atoms with van der Waals surface area (Å²) < 4.78 is 26.8. The molecule has 2 aromatic rings. The van der Waals surface area contributed by atoms with Gasteiger partial charge in [-0.3, -0.25) is 4.57 Å². The predicted molar refractivity (Wildman–Crippen MR) is 85.0 cm³/mol. The van der Waals surface area contributed by atoms with Crippen LogP contribution in [-0.2, 0) is 9.09 Å². The lowest BCUT2D eigenvalue weighted by Gasteiger charge is -2.21. The van der Waals surface area contributed by atoms with Crippen LogP contribution in [0.1, 0.15) is 17.0 Å². The SMILES string of the molecule is COc1ccccc1C(CO[PH](=O)O)c1ccccc1OC. The highest BCUT2D eigenvalue weighted by molar-refractivity contribution is 7.32. The van der Waals surface area contributed by atoms with Crippen molar-refractivity contribution in [1.29, 1.82) is 0 Å². The normalized spacial score (nSPS) is 12.2. The standard InChI is InChI=1S/C16H19O5P/c1-19-15-9-5-3-7-12(15)14(11-21-22(17)18)13-8-4-6-10-16(13)20-2/h3-10,14,22H,11H2,1-2H3,(H,17,18). The molecule has 0 bridgehead atoms. The van der Waals surface area contributed by atoms with Gasteiger partial charge < -0.3 is 18.9 Å². The van der Waals surface area contributed by atoms with Crippen molar-refractivity contribution in [3.8, 4) is 11.5 Å². The predicted octanol–water partition coefficient (Wildman–Crippen LogP) is 3.23. The highest BCUT2D eigenvalue weighted by Gasteiger charge is 2.22. The zero-order chi connectivity index (χ0) is 15.9. The quantitative estimate of drug-likeness (QED) is 0.793. The van der Waals surface area contributed by atoms with E-state index in [0.29, 0.717) is 11.5 Å². The summed E-state index contributed by atoms with van der Waals surface area (Å²) in [5, 5.41) is 0. The minimum Gasteiger partial charge on any atom is -0.496 e. The zero-order valence-corrected chi connectivity index (χ0v) is 13.5. The Balaban J connectivity index is 2.48. The van der Waals surface area contributed by atoms with E-state index in [1.165, 1.54) is 0 Å². The zero-order valence-electron chi connectivity index (χ0n) is 12.5. The van der Waals surface area contributed by atoms with E-state index in [-0.39, 0.29) is 12.5 Å².